The molecular weight excluding hydrogens is 388 g/mol. The lowest BCUT2D eigenvalue weighted by atomic mass is 10.3. The van der Waals surface area contributed by atoms with Gasteiger partial charge in [0.1, 0.15) is 18.2 Å². The van der Waals surface area contributed by atoms with Crippen molar-refractivity contribution in [1.29, 1.82) is 0 Å². The number of likely N-dealkylation sites (N-methyl/N-ethyl adjacent to an activating group) is 1. The standard InChI is InChI=1S/C21H27ClN6O/c1-3-23-21(27(2)14-15-29-18-9-6-8-17(22)16-18)24-12-7-11-20-26-25-19-10-4-5-13-28(19)20/h4-6,8-10,13,16H,3,7,11-12,14-15H2,1-2H3,(H,23,24). The molecule has 8 heteroatoms. The molecule has 0 saturated carbocycles. The lowest BCUT2D eigenvalue weighted by molar-refractivity contribution is 0.281. The van der Waals surface area contributed by atoms with Gasteiger partial charge >= 0.3 is 0 Å². The Morgan fingerprint density at radius 3 is 2.97 bits per heavy atom. The molecule has 1 aromatic carbocycles. The van der Waals surface area contributed by atoms with Crippen LogP contribution in [0.25, 0.3) is 5.65 Å². The molecule has 0 aliphatic carbocycles. The average molecular weight is 415 g/mol. The summed E-state index contributed by atoms with van der Waals surface area (Å²) in [6, 6.07) is 13.3. The Balaban J connectivity index is 1.47. The molecule has 29 heavy (non-hydrogen) atoms. The number of nitrogens with zero attached hydrogens (tertiary/aromatic N) is 5. The zero-order chi connectivity index (χ0) is 20.5. The summed E-state index contributed by atoms with van der Waals surface area (Å²) in [6.45, 7) is 4.85. The molecule has 0 atom stereocenters. The van der Waals surface area contributed by atoms with Crippen LogP contribution in [0, 0.1) is 0 Å². The van der Waals surface area contributed by atoms with E-state index in [4.69, 9.17) is 21.3 Å². The summed E-state index contributed by atoms with van der Waals surface area (Å²) >= 11 is 5.99. The number of guanidine groups is 1. The maximum absolute atomic E-state index is 5.99. The third kappa shape index (κ3) is 6.09. The molecule has 0 amide bonds. The maximum Gasteiger partial charge on any atom is 0.193 e. The number of aromatic nitrogens is 3. The van der Waals surface area contributed by atoms with Crippen molar-refractivity contribution in [3.8, 4) is 5.75 Å². The van der Waals surface area contributed by atoms with Crippen LogP contribution in [0.5, 0.6) is 5.75 Å². The minimum Gasteiger partial charge on any atom is -0.492 e. The number of aryl methyl sites for hydroxylation is 1. The molecule has 0 saturated heterocycles. The molecule has 2 heterocycles. The number of halogens is 1. The third-order valence-electron chi connectivity index (χ3n) is 4.39. The predicted molar refractivity (Wildman–Crippen MR) is 117 cm³/mol. The van der Waals surface area contributed by atoms with Gasteiger partial charge in [-0.2, -0.15) is 0 Å². The van der Waals surface area contributed by atoms with Crippen LogP contribution in [0.4, 0.5) is 0 Å². The van der Waals surface area contributed by atoms with Crippen molar-refractivity contribution in [3.05, 3.63) is 59.5 Å². The highest BCUT2D eigenvalue weighted by Gasteiger charge is 2.07. The summed E-state index contributed by atoms with van der Waals surface area (Å²) < 4.78 is 7.80. The van der Waals surface area contributed by atoms with Gasteiger partial charge in [-0.15, -0.1) is 10.2 Å². The molecule has 0 aliphatic heterocycles. The van der Waals surface area contributed by atoms with E-state index in [9.17, 15) is 0 Å². The first-order chi connectivity index (χ1) is 14.2. The van der Waals surface area contributed by atoms with Crippen LogP contribution in [-0.4, -0.2) is 58.7 Å². The highest BCUT2D eigenvalue weighted by Crippen LogP contribution is 2.16. The normalized spacial score (nSPS) is 11.6. The quantitative estimate of drug-likeness (QED) is 0.330. The topological polar surface area (TPSA) is 67.0 Å². The van der Waals surface area contributed by atoms with Crippen molar-refractivity contribution in [3.63, 3.8) is 0 Å². The van der Waals surface area contributed by atoms with Gasteiger partial charge in [0.2, 0.25) is 0 Å². The average Bonchev–Trinajstić information content (AvgIpc) is 3.13. The molecule has 1 N–H and O–H groups in total. The molecule has 0 unspecified atom stereocenters. The van der Waals surface area contributed by atoms with Gasteiger partial charge in [-0.25, -0.2) is 0 Å². The van der Waals surface area contributed by atoms with E-state index in [0.717, 1.165) is 42.6 Å². The minimum atomic E-state index is 0.549. The van der Waals surface area contributed by atoms with Crippen molar-refractivity contribution < 1.29 is 4.74 Å². The Kier molecular flexibility index (Phi) is 7.69. The van der Waals surface area contributed by atoms with Gasteiger partial charge in [0, 0.05) is 37.8 Å². The summed E-state index contributed by atoms with van der Waals surface area (Å²) in [6.07, 6.45) is 3.72. The molecule has 3 aromatic rings. The lowest BCUT2D eigenvalue weighted by Gasteiger charge is -2.22. The molecule has 3 rings (SSSR count). The molecule has 2 aromatic heterocycles. The van der Waals surface area contributed by atoms with E-state index in [2.05, 4.69) is 27.3 Å². The van der Waals surface area contributed by atoms with Crippen LogP contribution in [0.1, 0.15) is 19.2 Å². The van der Waals surface area contributed by atoms with Crippen LogP contribution in [0.2, 0.25) is 5.02 Å². The first-order valence-electron chi connectivity index (χ1n) is 9.84. The Hall–Kier alpha value is -2.80. The monoisotopic (exact) mass is 414 g/mol. The highest BCUT2D eigenvalue weighted by molar-refractivity contribution is 6.30. The second-order valence-corrected chi connectivity index (χ2v) is 7.05. The van der Waals surface area contributed by atoms with E-state index in [1.54, 1.807) is 0 Å². The van der Waals surface area contributed by atoms with Crippen molar-refractivity contribution in [1.82, 2.24) is 24.8 Å². The Labute approximate surface area is 176 Å². The summed E-state index contributed by atoms with van der Waals surface area (Å²) in [7, 11) is 2.01. The number of aliphatic imine (C=N–C) groups is 1. The van der Waals surface area contributed by atoms with Gasteiger partial charge in [-0.3, -0.25) is 9.39 Å². The number of benzene rings is 1. The number of ether oxygens (including phenoxy) is 1. The van der Waals surface area contributed by atoms with Crippen molar-refractivity contribution in [2.45, 2.75) is 19.8 Å². The van der Waals surface area contributed by atoms with Crippen molar-refractivity contribution >= 4 is 23.2 Å². The van der Waals surface area contributed by atoms with Crippen LogP contribution >= 0.6 is 11.6 Å². The SMILES string of the molecule is CCNC(=NCCCc1nnc2ccccn12)N(C)CCOc1cccc(Cl)c1. The number of hydrogen-bond donors (Lipinski definition) is 1. The smallest absolute Gasteiger partial charge is 0.193 e. The van der Waals surface area contributed by atoms with Gasteiger partial charge < -0.3 is 15.0 Å². The minimum absolute atomic E-state index is 0.549. The zero-order valence-electron chi connectivity index (χ0n) is 16.9. The summed E-state index contributed by atoms with van der Waals surface area (Å²) in [5.74, 6) is 2.60. The molecule has 0 fully saturated rings. The summed E-state index contributed by atoms with van der Waals surface area (Å²) in [5, 5.41) is 12.5. The van der Waals surface area contributed by atoms with Gasteiger partial charge in [-0.05, 0) is 43.7 Å². The number of hydrogen-bond acceptors (Lipinski definition) is 4. The second-order valence-electron chi connectivity index (χ2n) is 6.61. The van der Waals surface area contributed by atoms with E-state index >= 15 is 0 Å². The number of pyridine rings is 1. The fourth-order valence-corrected chi connectivity index (χ4v) is 3.10. The van der Waals surface area contributed by atoms with Crippen LogP contribution in [-0.2, 0) is 6.42 Å². The molecule has 0 aliphatic rings. The third-order valence-corrected chi connectivity index (χ3v) is 4.63. The molecule has 0 radical (unpaired) electrons. The lowest BCUT2D eigenvalue weighted by Crippen LogP contribution is -2.41. The van der Waals surface area contributed by atoms with Crippen molar-refractivity contribution in [2.75, 3.05) is 33.3 Å². The zero-order valence-corrected chi connectivity index (χ0v) is 17.6. The second kappa shape index (κ2) is 10.7. The number of nitrogens with one attached hydrogen (secondary N) is 1. The fourth-order valence-electron chi connectivity index (χ4n) is 2.92. The molecule has 0 bridgehead atoms. The van der Waals surface area contributed by atoms with Gasteiger partial charge in [-0.1, -0.05) is 23.7 Å². The number of fused-ring (bicyclic) bond motifs is 1. The van der Waals surface area contributed by atoms with Crippen LogP contribution in [0.15, 0.2) is 53.7 Å². The molecular formula is C21H27ClN6O. The Morgan fingerprint density at radius 1 is 1.24 bits per heavy atom. The molecule has 7 nitrogen and oxygen atoms in total. The van der Waals surface area contributed by atoms with Crippen molar-refractivity contribution in [2.24, 2.45) is 4.99 Å². The van der Waals surface area contributed by atoms with Crippen LogP contribution in [0.3, 0.4) is 0 Å². The summed E-state index contributed by atoms with van der Waals surface area (Å²) in [5.41, 5.74) is 0.874. The fraction of sp³-hybridized carbons (Fsp3) is 0.381. The maximum atomic E-state index is 5.99. The Bertz CT molecular complexity index is 942. The van der Waals surface area contributed by atoms with Gasteiger partial charge in [0.25, 0.3) is 0 Å². The molecule has 154 valence electrons. The predicted octanol–water partition coefficient (Wildman–Crippen LogP) is 3.29. The van der Waals surface area contributed by atoms with Gasteiger partial charge in [0.05, 0.1) is 6.54 Å². The first kappa shape index (κ1) is 20.9. The van der Waals surface area contributed by atoms with E-state index in [-0.39, 0.29) is 0 Å². The van der Waals surface area contributed by atoms with E-state index in [1.807, 2.05) is 60.1 Å². The highest BCUT2D eigenvalue weighted by atomic mass is 35.5. The summed E-state index contributed by atoms with van der Waals surface area (Å²) in [4.78, 5) is 6.80. The van der Waals surface area contributed by atoms with Gasteiger partial charge in [0.15, 0.2) is 11.6 Å². The van der Waals surface area contributed by atoms with Crippen LogP contribution < -0.4 is 10.1 Å². The van der Waals surface area contributed by atoms with E-state index in [1.165, 1.54) is 0 Å². The Morgan fingerprint density at radius 2 is 2.14 bits per heavy atom. The number of rotatable bonds is 9. The van der Waals surface area contributed by atoms with E-state index < -0.39 is 0 Å². The first-order valence-corrected chi connectivity index (χ1v) is 10.2. The largest absolute Gasteiger partial charge is 0.492 e. The molecule has 0 spiro atoms. The van der Waals surface area contributed by atoms with E-state index in [0.29, 0.717) is 24.7 Å².